The van der Waals surface area contributed by atoms with Crippen LogP contribution >= 0.6 is 0 Å². The third-order valence-electron chi connectivity index (χ3n) is 4.29. The SMILES string of the molecule is O=C(O)CC(c1c2ccoc2c(O)c2ccoc12)C1CC1. The summed E-state index contributed by atoms with van der Waals surface area (Å²) < 4.78 is 10.9. The molecule has 2 aromatic heterocycles. The van der Waals surface area contributed by atoms with Crippen LogP contribution in [0.25, 0.3) is 21.9 Å². The molecular weight excluding hydrogens is 272 g/mol. The van der Waals surface area contributed by atoms with Crippen LogP contribution in [0.5, 0.6) is 5.75 Å². The molecule has 1 atom stereocenters. The van der Waals surface area contributed by atoms with Gasteiger partial charge in [-0.05, 0) is 30.9 Å². The quantitative estimate of drug-likeness (QED) is 0.761. The van der Waals surface area contributed by atoms with Crippen LogP contribution < -0.4 is 0 Å². The number of aliphatic carboxylic acids is 1. The van der Waals surface area contributed by atoms with Crippen molar-refractivity contribution in [1.82, 2.24) is 0 Å². The third-order valence-corrected chi connectivity index (χ3v) is 4.29. The van der Waals surface area contributed by atoms with Crippen LogP contribution in [-0.2, 0) is 4.79 Å². The van der Waals surface area contributed by atoms with Crippen LogP contribution in [0.2, 0.25) is 0 Å². The zero-order chi connectivity index (χ0) is 14.6. The summed E-state index contributed by atoms with van der Waals surface area (Å²) >= 11 is 0. The summed E-state index contributed by atoms with van der Waals surface area (Å²) in [6.07, 6.45) is 5.14. The number of phenolic OH excluding ortho intramolecular Hbond substituents is 1. The number of rotatable bonds is 4. The van der Waals surface area contributed by atoms with E-state index in [1.807, 2.05) is 0 Å². The summed E-state index contributed by atoms with van der Waals surface area (Å²) in [5, 5.41) is 20.8. The van der Waals surface area contributed by atoms with Crippen LogP contribution in [0.1, 0.15) is 30.7 Å². The normalized spacial score (nSPS) is 16.6. The fourth-order valence-corrected chi connectivity index (χ4v) is 3.21. The molecule has 1 aliphatic carbocycles. The number of furan rings is 2. The van der Waals surface area contributed by atoms with Gasteiger partial charge in [0.25, 0.3) is 0 Å². The van der Waals surface area contributed by atoms with E-state index >= 15 is 0 Å². The Balaban J connectivity index is 2.03. The van der Waals surface area contributed by atoms with Gasteiger partial charge in [-0.1, -0.05) is 0 Å². The molecule has 0 aliphatic heterocycles. The largest absolute Gasteiger partial charge is 0.504 e. The number of aromatic hydroxyl groups is 1. The first kappa shape index (κ1) is 12.3. The van der Waals surface area contributed by atoms with Gasteiger partial charge in [0.2, 0.25) is 0 Å². The van der Waals surface area contributed by atoms with Gasteiger partial charge in [0.15, 0.2) is 11.3 Å². The van der Waals surface area contributed by atoms with Gasteiger partial charge in [0.05, 0.1) is 24.3 Å². The van der Waals surface area contributed by atoms with Crippen molar-refractivity contribution >= 4 is 27.9 Å². The minimum atomic E-state index is -0.823. The van der Waals surface area contributed by atoms with Crippen molar-refractivity contribution in [3.63, 3.8) is 0 Å². The summed E-state index contributed by atoms with van der Waals surface area (Å²) in [6, 6.07) is 3.45. The lowest BCUT2D eigenvalue weighted by Gasteiger charge is -2.16. The highest BCUT2D eigenvalue weighted by molar-refractivity contribution is 6.04. The molecule has 21 heavy (non-hydrogen) atoms. The van der Waals surface area contributed by atoms with E-state index in [0.717, 1.165) is 23.8 Å². The maximum absolute atomic E-state index is 11.2. The Bertz CT molecular complexity index is 785. The molecule has 2 N–H and O–H groups in total. The Morgan fingerprint density at radius 1 is 1.19 bits per heavy atom. The van der Waals surface area contributed by atoms with Gasteiger partial charge in [-0.25, -0.2) is 0 Å². The highest BCUT2D eigenvalue weighted by Crippen LogP contribution is 2.50. The van der Waals surface area contributed by atoms with E-state index in [2.05, 4.69) is 0 Å². The molecule has 3 aromatic rings. The molecule has 0 spiro atoms. The van der Waals surface area contributed by atoms with E-state index in [4.69, 9.17) is 8.83 Å². The molecule has 0 saturated heterocycles. The van der Waals surface area contributed by atoms with Gasteiger partial charge in [-0.3, -0.25) is 4.79 Å². The maximum atomic E-state index is 11.2. The molecule has 5 nitrogen and oxygen atoms in total. The molecule has 0 bridgehead atoms. The molecule has 1 fully saturated rings. The van der Waals surface area contributed by atoms with E-state index in [1.165, 1.54) is 12.5 Å². The molecule has 4 rings (SSSR count). The molecule has 1 aliphatic rings. The first-order valence-corrected chi connectivity index (χ1v) is 6.98. The van der Waals surface area contributed by atoms with Crippen molar-refractivity contribution in [2.24, 2.45) is 5.92 Å². The van der Waals surface area contributed by atoms with Crippen molar-refractivity contribution in [3.8, 4) is 5.75 Å². The lowest BCUT2D eigenvalue weighted by molar-refractivity contribution is -0.137. The summed E-state index contributed by atoms with van der Waals surface area (Å²) in [4.78, 5) is 11.2. The molecular formula is C16H14O5. The predicted molar refractivity (Wildman–Crippen MR) is 75.4 cm³/mol. The van der Waals surface area contributed by atoms with Crippen LogP contribution in [-0.4, -0.2) is 16.2 Å². The Morgan fingerprint density at radius 2 is 1.86 bits per heavy atom. The fourth-order valence-electron chi connectivity index (χ4n) is 3.21. The number of fused-ring (bicyclic) bond motifs is 2. The molecule has 108 valence electrons. The summed E-state index contributed by atoms with van der Waals surface area (Å²) in [5.41, 5.74) is 1.82. The van der Waals surface area contributed by atoms with E-state index in [-0.39, 0.29) is 18.1 Å². The van der Waals surface area contributed by atoms with Crippen molar-refractivity contribution in [3.05, 3.63) is 30.2 Å². The number of hydrogen-bond acceptors (Lipinski definition) is 4. The standard InChI is InChI=1S/C16H14O5/c17-12(18)7-11(8-1-2-8)13-9-3-5-21-16(9)14(19)10-4-6-20-15(10)13/h3-6,8,11,19H,1-2,7H2,(H,17,18). The number of carboxylic acid groups (broad SMARTS) is 1. The highest BCUT2D eigenvalue weighted by Gasteiger charge is 2.37. The molecule has 2 heterocycles. The zero-order valence-electron chi connectivity index (χ0n) is 11.2. The molecule has 1 unspecified atom stereocenters. The smallest absolute Gasteiger partial charge is 0.303 e. The summed E-state index contributed by atoms with van der Waals surface area (Å²) in [5.74, 6) is -0.530. The second kappa shape index (κ2) is 4.28. The lowest BCUT2D eigenvalue weighted by Crippen LogP contribution is -2.09. The summed E-state index contributed by atoms with van der Waals surface area (Å²) in [6.45, 7) is 0. The minimum Gasteiger partial charge on any atom is -0.504 e. The molecule has 0 amide bonds. The van der Waals surface area contributed by atoms with Crippen LogP contribution in [0.4, 0.5) is 0 Å². The second-order valence-electron chi connectivity index (χ2n) is 5.63. The zero-order valence-corrected chi connectivity index (χ0v) is 11.2. The molecule has 1 aromatic carbocycles. The number of phenols is 1. The number of benzene rings is 1. The number of hydrogen-bond donors (Lipinski definition) is 2. The van der Waals surface area contributed by atoms with E-state index in [9.17, 15) is 15.0 Å². The van der Waals surface area contributed by atoms with E-state index in [1.54, 1.807) is 12.1 Å². The van der Waals surface area contributed by atoms with E-state index in [0.29, 0.717) is 22.5 Å². The third kappa shape index (κ3) is 1.81. The minimum absolute atomic E-state index is 0.0485. The maximum Gasteiger partial charge on any atom is 0.303 e. The van der Waals surface area contributed by atoms with Crippen molar-refractivity contribution in [2.45, 2.75) is 25.2 Å². The lowest BCUT2D eigenvalue weighted by atomic mass is 9.87. The summed E-state index contributed by atoms with van der Waals surface area (Å²) in [7, 11) is 0. The average molecular weight is 286 g/mol. The van der Waals surface area contributed by atoms with Crippen molar-refractivity contribution < 1.29 is 23.8 Å². The Hall–Kier alpha value is -2.43. The van der Waals surface area contributed by atoms with Crippen LogP contribution in [0.15, 0.2) is 33.5 Å². The first-order chi connectivity index (χ1) is 10.2. The van der Waals surface area contributed by atoms with Crippen LogP contribution in [0, 0.1) is 5.92 Å². The topological polar surface area (TPSA) is 83.8 Å². The Morgan fingerprint density at radius 3 is 2.52 bits per heavy atom. The average Bonchev–Trinajstić information content (AvgIpc) is 2.98. The Kier molecular flexibility index (Phi) is 2.51. The molecule has 5 heteroatoms. The predicted octanol–water partition coefficient (Wildman–Crippen LogP) is 3.85. The monoisotopic (exact) mass is 286 g/mol. The molecule has 0 radical (unpaired) electrons. The van der Waals surface area contributed by atoms with Crippen molar-refractivity contribution in [2.75, 3.05) is 0 Å². The van der Waals surface area contributed by atoms with Gasteiger partial charge in [0.1, 0.15) is 5.58 Å². The fraction of sp³-hybridized carbons (Fsp3) is 0.312. The van der Waals surface area contributed by atoms with Gasteiger partial charge >= 0.3 is 5.97 Å². The Labute approximate surface area is 119 Å². The van der Waals surface area contributed by atoms with Gasteiger partial charge in [0, 0.05) is 16.9 Å². The number of carboxylic acids is 1. The van der Waals surface area contributed by atoms with Gasteiger partial charge in [-0.2, -0.15) is 0 Å². The second-order valence-corrected chi connectivity index (χ2v) is 5.63. The van der Waals surface area contributed by atoms with Gasteiger partial charge < -0.3 is 19.0 Å². The first-order valence-electron chi connectivity index (χ1n) is 6.98. The van der Waals surface area contributed by atoms with Gasteiger partial charge in [-0.15, -0.1) is 0 Å². The highest BCUT2D eigenvalue weighted by atomic mass is 16.4. The number of carbonyl (C=O) groups is 1. The molecule has 1 saturated carbocycles. The van der Waals surface area contributed by atoms with Crippen molar-refractivity contribution in [1.29, 1.82) is 0 Å². The van der Waals surface area contributed by atoms with Crippen LogP contribution in [0.3, 0.4) is 0 Å². The van der Waals surface area contributed by atoms with E-state index < -0.39 is 5.97 Å².